The fourth-order valence-electron chi connectivity index (χ4n) is 3.93. The zero-order valence-corrected chi connectivity index (χ0v) is 18.3. The lowest BCUT2D eigenvalue weighted by Crippen LogP contribution is -2.34. The number of nitrogens with one attached hydrogen (secondary N) is 1. The van der Waals surface area contributed by atoms with Gasteiger partial charge in [0.2, 0.25) is 5.91 Å². The fourth-order valence-corrected chi connectivity index (χ4v) is 4.09. The summed E-state index contributed by atoms with van der Waals surface area (Å²) >= 11 is 6.23. The molecule has 2 aromatic heterocycles. The number of hydrogen-bond donors (Lipinski definition) is 1. The maximum Gasteiger partial charge on any atom is 0.221 e. The van der Waals surface area contributed by atoms with E-state index in [-0.39, 0.29) is 17.9 Å². The molecule has 0 bridgehead atoms. The molecule has 158 valence electrons. The van der Waals surface area contributed by atoms with Crippen LogP contribution in [0.2, 0.25) is 5.02 Å². The van der Waals surface area contributed by atoms with Crippen LogP contribution in [-0.4, -0.2) is 21.3 Å². The van der Waals surface area contributed by atoms with Crippen molar-refractivity contribution in [1.82, 2.24) is 14.7 Å². The van der Waals surface area contributed by atoms with Crippen LogP contribution in [0.1, 0.15) is 42.5 Å². The topological polar surface area (TPSA) is 46.4 Å². The Labute approximate surface area is 187 Å². The average molecular weight is 432 g/mol. The summed E-state index contributed by atoms with van der Waals surface area (Å²) in [4.78, 5) is 17.5. The van der Waals surface area contributed by atoms with Gasteiger partial charge >= 0.3 is 0 Å². The van der Waals surface area contributed by atoms with Gasteiger partial charge in [-0.05, 0) is 43.0 Å². The Hall–Kier alpha value is -3.11. The lowest BCUT2D eigenvalue weighted by atomic mass is 9.92. The molecule has 2 aromatic carbocycles. The number of halogens is 1. The molecule has 2 atom stereocenters. The van der Waals surface area contributed by atoms with E-state index < -0.39 is 0 Å². The van der Waals surface area contributed by atoms with Crippen LogP contribution in [0.25, 0.3) is 5.65 Å². The van der Waals surface area contributed by atoms with Gasteiger partial charge in [0.25, 0.3) is 0 Å². The van der Waals surface area contributed by atoms with E-state index in [1.54, 1.807) is 0 Å². The minimum Gasteiger partial charge on any atom is -0.354 e. The second kappa shape index (κ2) is 9.80. The molecular formula is C26H26ClN3O. The Morgan fingerprint density at radius 2 is 1.74 bits per heavy atom. The van der Waals surface area contributed by atoms with Crippen LogP contribution in [0.4, 0.5) is 0 Å². The van der Waals surface area contributed by atoms with E-state index in [9.17, 15) is 4.79 Å². The number of carbonyl (C=O) groups is 1. The minimum absolute atomic E-state index is 0.0337. The molecule has 5 heteroatoms. The molecule has 4 aromatic rings. The number of fused-ring (bicyclic) bond motifs is 1. The molecule has 2 unspecified atom stereocenters. The lowest BCUT2D eigenvalue weighted by molar-refractivity contribution is -0.121. The quantitative estimate of drug-likeness (QED) is 0.392. The Bertz CT molecular complexity index is 1140. The number of pyridine rings is 1. The highest BCUT2D eigenvalue weighted by atomic mass is 35.5. The van der Waals surface area contributed by atoms with Crippen molar-refractivity contribution in [3.63, 3.8) is 0 Å². The Morgan fingerprint density at radius 3 is 2.48 bits per heavy atom. The molecule has 1 N–H and O–H groups in total. The van der Waals surface area contributed by atoms with Crippen LogP contribution in [-0.2, 0) is 11.2 Å². The Balaban J connectivity index is 1.50. The van der Waals surface area contributed by atoms with Crippen LogP contribution >= 0.6 is 11.6 Å². The van der Waals surface area contributed by atoms with Gasteiger partial charge in [0.15, 0.2) is 0 Å². The van der Waals surface area contributed by atoms with Gasteiger partial charge in [0, 0.05) is 30.8 Å². The molecule has 0 aliphatic heterocycles. The van der Waals surface area contributed by atoms with Crippen molar-refractivity contribution in [2.45, 2.75) is 38.1 Å². The molecular weight excluding hydrogens is 406 g/mol. The summed E-state index contributed by atoms with van der Waals surface area (Å²) in [6.45, 7) is 2.06. The summed E-state index contributed by atoms with van der Waals surface area (Å²) < 4.78 is 1.98. The van der Waals surface area contributed by atoms with Gasteiger partial charge in [-0.3, -0.25) is 4.79 Å². The van der Waals surface area contributed by atoms with Crippen LogP contribution in [0.3, 0.4) is 0 Å². The molecule has 0 fully saturated rings. The molecule has 4 rings (SSSR count). The van der Waals surface area contributed by atoms with E-state index in [4.69, 9.17) is 11.6 Å². The maximum absolute atomic E-state index is 13.0. The molecule has 0 aliphatic rings. The number of imidazole rings is 1. The monoisotopic (exact) mass is 431 g/mol. The number of benzene rings is 2. The van der Waals surface area contributed by atoms with Gasteiger partial charge in [-0.25, -0.2) is 4.98 Å². The molecule has 0 aliphatic carbocycles. The SMILES string of the molecule is CC(CCc1ccccc1)NC(=O)CC(c1ccccc1)c1cnc2ccc(Cl)cn12. The van der Waals surface area contributed by atoms with Crippen LogP contribution in [0, 0.1) is 0 Å². The molecule has 4 nitrogen and oxygen atoms in total. The lowest BCUT2D eigenvalue weighted by Gasteiger charge is -2.20. The van der Waals surface area contributed by atoms with E-state index >= 15 is 0 Å². The molecule has 0 saturated heterocycles. The van der Waals surface area contributed by atoms with Crippen molar-refractivity contribution in [2.24, 2.45) is 0 Å². The predicted molar refractivity (Wildman–Crippen MR) is 125 cm³/mol. The first kappa shape index (κ1) is 21.1. The third-order valence-electron chi connectivity index (χ3n) is 5.56. The van der Waals surface area contributed by atoms with Crippen molar-refractivity contribution in [3.05, 3.63) is 107 Å². The third kappa shape index (κ3) is 5.33. The van der Waals surface area contributed by atoms with Crippen LogP contribution in [0.15, 0.2) is 85.2 Å². The fraction of sp³-hybridized carbons (Fsp3) is 0.231. The molecule has 0 saturated carbocycles. The highest BCUT2D eigenvalue weighted by molar-refractivity contribution is 6.30. The van der Waals surface area contributed by atoms with Crippen molar-refractivity contribution in [2.75, 3.05) is 0 Å². The van der Waals surface area contributed by atoms with Crippen molar-refractivity contribution >= 4 is 23.2 Å². The second-order valence-corrected chi connectivity index (χ2v) is 8.36. The van der Waals surface area contributed by atoms with Gasteiger partial charge in [0.1, 0.15) is 5.65 Å². The number of aryl methyl sites for hydroxylation is 1. The summed E-state index contributed by atoms with van der Waals surface area (Å²) in [5.74, 6) is -0.0811. The van der Waals surface area contributed by atoms with Gasteiger partial charge in [-0.15, -0.1) is 0 Å². The summed E-state index contributed by atoms with van der Waals surface area (Å²) in [5.41, 5.74) is 4.14. The number of hydrogen-bond acceptors (Lipinski definition) is 2. The van der Waals surface area contributed by atoms with Crippen LogP contribution in [0.5, 0.6) is 0 Å². The number of carbonyl (C=O) groups excluding carboxylic acids is 1. The van der Waals surface area contributed by atoms with Gasteiger partial charge in [-0.2, -0.15) is 0 Å². The molecule has 31 heavy (non-hydrogen) atoms. The van der Waals surface area contributed by atoms with E-state index in [0.29, 0.717) is 11.4 Å². The summed E-state index contributed by atoms with van der Waals surface area (Å²) in [6, 6.07) is 24.3. The third-order valence-corrected chi connectivity index (χ3v) is 5.79. The van der Waals surface area contributed by atoms with Gasteiger partial charge in [-0.1, -0.05) is 72.3 Å². The highest BCUT2D eigenvalue weighted by Gasteiger charge is 2.22. The average Bonchev–Trinajstić information content (AvgIpc) is 3.20. The van der Waals surface area contributed by atoms with Crippen molar-refractivity contribution in [3.8, 4) is 0 Å². The van der Waals surface area contributed by atoms with E-state index in [2.05, 4.69) is 41.5 Å². The smallest absolute Gasteiger partial charge is 0.221 e. The summed E-state index contributed by atoms with van der Waals surface area (Å²) in [7, 11) is 0. The minimum atomic E-state index is -0.115. The van der Waals surface area contributed by atoms with E-state index in [0.717, 1.165) is 29.7 Å². The maximum atomic E-state index is 13.0. The largest absolute Gasteiger partial charge is 0.354 e. The van der Waals surface area contributed by atoms with Crippen molar-refractivity contribution < 1.29 is 4.79 Å². The first-order valence-electron chi connectivity index (χ1n) is 10.6. The second-order valence-electron chi connectivity index (χ2n) is 7.92. The Kier molecular flexibility index (Phi) is 6.68. The summed E-state index contributed by atoms with van der Waals surface area (Å²) in [6.07, 6.45) is 5.89. The van der Waals surface area contributed by atoms with Gasteiger partial charge < -0.3 is 9.72 Å². The molecule has 0 spiro atoms. The van der Waals surface area contributed by atoms with Crippen LogP contribution < -0.4 is 5.32 Å². The summed E-state index contributed by atoms with van der Waals surface area (Å²) in [5, 5.41) is 3.81. The number of nitrogens with zero attached hydrogens (tertiary/aromatic N) is 2. The van der Waals surface area contributed by atoms with E-state index in [1.165, 1.54) is 5.56 Å². The molecule has 1 amide bonds. The molecule has 0 radical (unpaired) electrons. The normalized spacial score (nSPS) is 13.1. The van der Waals surface area contributed by atoms with Crippen molar-refractivity contribution in [1.29, 1.82) is 0 Å². The first-order chi connectivity index (χ1) is 15.1. The predicted octanol–water partition coefficient (Wildman–Crippen LogP) is 5.65. The Morgan fingerprint density at radius 1 is 1.03 bits per heavy atom. The highest BCUT2D eigenvalue weighted by Crippen LogP contribution is 2.29. The standard InChI is InChI=1S/C26H26ClN3O/c1-19(12-13-20-8-4-2-5-9-20)29-26(31)16-23(21-10-6-3-7-11-21)24-17-28-25-15-14-22(27)18-30(24)25/h2-11,14-15,17-19,23H,12-13,16H2,1H3,(H,29,31). The zero-order chi connectivity index (χ0) is 21.6. The number of aromatic nitrogens is 2. The van der Waals surface area contributed by atoms with Gasteiger partial charge in [0.05, 0.1) is 10.7 Å². The molecule has 2 heterocycles. The first-order valence-corrected chi connectivity index (χ1v) is 11.0. The zero-order valence-electron chi connectivity index (χ0n) is 17.5. The van der Waals surface area contributed by atoms with E-state index in [1.807, 2.05) is 65.3 Å². The number of amides is 1. The number of rotatable bonds is 8.